The summed E-state index contributed by atoms with van der Waals surface area (Å²) in [6.45, 7) is 3.00. The van der Waals surface area contributed by atoms with Gasteiger partial charge in [-0.3, -0.25) is 9.69 Å². The molecule has 0 aromatic heterocycles. The molecule has 132 valence electrons. The van der Waals surface area contributed by atoms with Gasteiger partial charge in [-0.05, 0) is 38.6 Å². The maximum Gasteiger partial charge on any atom is 0.241 e. The molecule has 6 nitrogen and oxygen atoms in total. The van der Waals surface area contributed by atoms with Crippen molar-refractivity contribution in [2.75, 3.05) is 43.9 Å². The summed E-state index contributed by atoms with van der Waals surface area (Å²) >= 11 is 0. The summed E-state index contributed by atoms with van der Waals surface area (Å²) in [6.07, 6.45) is 0.655. The summed E-state index contributed by atoms with van der Waals surface area (Å²) < 4.78 is 39.4. The smallest absolute Gasteiger partial charge is 0.241 e. The van der Waals surface area contributed by atoms with Crippen molar-refractivity contribution >= 4 is 21.6 Å². The first-order valence-electron chi connectivity index (χ1n) is 8.02. The molecule has 1 spiro atoms. The van der Waals surface area contributed by atoms with Gasteiger partial charge in [0.1, 0.15) is 5.82 Å². The highest BCUT2D eigenvalue weighted by atomic mass is 32.2. The van der Waals surface area contributed by atoms with E-state index in [0.717, 1.165) is 0 Å². The Labute approximate surface area is 141 Å². The lowest BCUT2D eigenvalue weighted by atomic mass is 9.92. The summed E-state index contributed by atoms with van der Waals surface area (Å²) in [5, 5.41) is 0. The van der Waals surface area contributed by atoms with Gasteiger partial charge in [-0.1, -0.05) is 6.07 Å². The highest BCUT2D eigenvalue weighted by Gasteiger charge is 2.49. The molecule has 1 atom stereocenters. The second-order valence-corrected chi connectivity index (χ2v) is 8.78. The fourth-order valence-corrected chi connectivity index (χ4v) is 4.69. The Morgan fingerprint density at radius 2 is 2.04 bits per heavy atom. The van der Waals surface area contributed by atoms with Crippen molar-refractivity contribution in [1.82, 2.24) is 9.21 Å². The van der Waals surface area contributed by atoms with E-state index in [-0.39, 0.29) is 18.2 Å². The highest BCUT2D eigenvalue weighted by molar-refractivity contribution is 7.89. The van der Waals surface area contributed by atoms with Crippen LogP contribution in [0.4, 0.5) is 10.1 Å². The Hall–Kier alpha value is -1.51. The molecule has 1 unspecified atom stereocenters. The number of nitrogens with zero attached hydrogens (tertiary/aromatic N) is 3. The zero-order valence-electron chi connectivity index (χ0n) is 13.9. The number of hydrogen-bond acceptors (Lipinski definition) is 4. The molecule has 2 fully saturated rings. The minimum absolute atomic E-state index is 0.0688. The molecule has 0 N–H and O–H groups in total. The molecule has 8 heteroatoms. The molecule has 1 aromatic carbocycles. The second kappa shape index (κ2) is 6.09. The molecule has 0 bridgehead atoms. The molecule has 2 saturated heterocycles. The first-order chi connectivity index (χ1) is 11.3. The van der Waals surface area contributed by atoms with Crippen LogP contribution in [-0.4, -0.2) is 68.0 Å². The van der Waals surface area contributed by atoms with E-state index in [2.05, 4.69) is 0 Å². The van der Waals surface area contributed by atoms with Crippen molar-refractivity contribution in [3.05, 3.63) is 30.1 Å². The number of anilines is 1. The van der Waals surface area contributed by atoms with Gasteiger partial charge >= 0.3 is 0 Å². The van der Waals surface area contributed by atoms with Crippen LogP contribution in [0.3, 0.4) is 0 Å². The van der Waals surface area contributed by atoms with Crippen molar-refractivity contribution in [3.63, 3.8) is 0 Å². The van der Waals surface area contributed by atoms with Gasteiger partial charge in [-0.25, -0.2) is 12.8 Å². The summed E-state index contributed by atoms with van der Waals surface area (Å²) in [5.74, 6) is -0.431. The number of sulfonamides is 1. The van der Waals surface area contributed by atoms with E-state index in [1.165, 1.54) is 16.4 Å². The van der Waals surface area contributed by atoms with E-state index in [1.54, 1.807) is 24.0 Å². The molecule has 0 saturated carbocycles. The van der Waals surface area contributed by atoms with Gasteiger partial charge < -0.3 is 4.90 Å². The Balaban J connectivity index is 1.88. The zero-order valence-corrected chi connectivity index (χ0v) is 14.7. The van der Waals surface area contributed by atoms with Crippen molar-refractivity contribution in [3.8, 4) is 0 Å². The van der Waals surface area contributed by atoms with Crippen molar-refractivity contribution < 1.29 is 17.6 Å². The molecule has 3 rings (SSSR count). The molecular formula is C16H22FN3O3S. The number of benzene rings is 1. The van der Waals surface area contributed by atoms with Crippen LogP contribution in [0.1, 0.15) is 13.3 Å². The van der Waals surface area contributed by atoms with Crippen LogP contribution in [0.15, 0.2) is 24.3 Å². The van der Waals surface area contributed by atoms with E-state index >= 15 is 0 Å². The van der Waals surface area contributed by atoms with Gasteiger partial charge in [0.2, 0.25) is 15.9 Å². The number of halogens is 1. The number of amides is 1. The van der Waals surface area contributed by atoms with Gasteiger partial charge in [0.05, 0.1) is 17.8 Å². The predicted molar refractivity (Wildman–Crippen MR) is 89.8 cm³/mol. The molecule has 1 amide bonds. The normalized spacial score (nSPS) is 26.5. The lowest BCUT2D eigenvalue weighted by molar-refractivity contribution is -0.123. The average molecular weight is 355 g/mol. The monoisotopic (exact) mass is 355 g/mol. The van der Waals surface area contributed by atoms with Crippen LogP contribution in [0.2, 0.25) is 0 Å². The maximum absolute atomic E-state index is 13.5. The van der Waals surface area contributed by atoms with E-state index in [1.807, 2.05) is 11.9 Å². The third-order valence-electron chi connectivity index (χ3n) is 5.11. The van der Waals surface area contributed by atoms with Crippen LogP contribution in [-0.2, 0) is 14.8 Å². The van der Waals surface area contributed by atoms with Gasteiger partial charge in [-0.2, -0.15) is 4.31 Å². The van der Waals surface area contributed by atoms with Crippen molar-refractivity contribution in [2.45, 2.75) is 18.9 Å². The Bertz CT molecular complexity index is 755. The number of likely N-dealkylation sites (N-methyl/N-ethyl adjacent to an activating group) is 1. The molecule has 2 aliphatic rings. The van der Waals surface area contributed by atoms with E-state index in [0.29, 0.717) is 31.7 Å². The number of piperazine rings is 1. The molecule has 0 radical (unpaired) electrons. The Morgan fingerprint density at radius 1 is 1.29 bits per heavy atom. The summed E-state index contributed by atoms with van der Waals surface area (Å²) in [7, 11) is -1.41. The van der Waals surface area contributed by atoms with Gasteiger partial charge in [0, 0.05) is 25.3 Å². The standard InChI is InChI=1S/C16H22FN3O3S/c1-3-24(22,23)19-8-7-16(11-19)12-20(15(21)10-18(16)2)14-6-4-5-13(17)9-14/h4-6,9H,3,7-8,10-12H2,1-2H3. The van der Waals surface area contributed by atoms with Crippen molar-refractivity contribution in [1.29, 1.82) is 0 Å². The first kappa shape index (κ1) is 17.3. The number of rotatable bonds is 3. The first-order valence-corrected chi connectivity index (χ1v) is 9.63. The van der Waals surface area contributed by atoms with Gasteiger partial charge in [-0.15, -0.1) is 0 Å². The minimum atomic E-state index is -3.26. The largest absolute Gasteiger partial charge is 0.309 e. The summed E-state index contributed by atoms with van der Waals surface area (Å²) in [5.41, 5.74) is 0.0897. The fourth-order valence-electron chi connectivity index (χ4n) is 3.52. The number of hydrogen-bond donors (Lipinski definition) is 0. The third kappa shape index (κ3) is 2.94. The maximum atomic E-state index is 13.5. The predicted octanol–water partition coefficient (Wildman–Crippen LogP) is 0.898. The van der Waals surface area contributed by atoms with Crippen LogP contribution in [0, 0.1) is 5.82 Å². The SMILES string of the molecule is CCS(=O)(=O)N1CCC2(CN(c3cccc(F)c3)C(=O)CN2C)C1. The molecule has 2 heterocycles. The Morgan fingerprint density at radius 3 is 2.71 bits per heavy atom. The van der Waals surface area contributed by atoms with Crippen LogP contribution in [0.5, 0.6) is 0 Å². The lowest BCUT2D eigenvalue weighted by Gasteiger charge is -2.46. The van der Waals surface area contributed by atoms with Crippen LogP contribution >= 0.6 is 0 Å². The van der Waals surface area contributed by atoms with E-state index in [4.69, 9.17) is 0 Å². The molecule has 24 heavy (non-hydrogen) atoms. The topological polar surface area (TPSA) is 60.9 Å². The molecule has 2 aliphatic heterocycles. The fraction of sp³-hybridized carbons (Fsp3) is 0.562. The summed E-state index contributed by atoms with van der Waals surface area (Å²) in [4.78, 5) is 15.9. The quantitative estimate of drug-likeness (QED) is 0.808. The Kier molecular flexibility index (Phi) is 4.39. The number of carbonyl (C=O) groups excluding carboxylic acids is 1. The van der Waals surface area contributed by atoms with Crippen LogP contribution < -0.4 is 4.90 Å². The van der Waals surface area contributed by atoms with Gasteiger partial charge in [0.25, 0.3) is 0 Å². The average Bonchev–Trinajstić information content (AvgIpc) is 2.97. The highest BCUT2D eigenvalue weighted by Crippen LogP contribution is 2.34. The number of carbonyl (C=O) groups is 1. The minimum Gasteiger partial charge on any atom is -0.309 e. The second-order valence-electron chi connectivity index (χ2n) is 6.52. The van der Waals surface area contributed by atoms with E-state index in [9.17, 15) is 17.6 Å². The lowest BCUT2D eigenvalue weighted by Crippen LogP contribution is -2.64. The zero-order chi connectivity index (χ0) is 17.5. The summed E-state index contributed by atoms with van der Waals surface area (Å²) in [6, 6.07) is 5.96. The molecular weight excluding hydrogens is 333 g/mol. The molecule has 0 aliphatic carbocycles. The third-order valence-corrected chi connectivity index (χ3v) is 6.94. The van der Waals surface area contributed by atoms with Crippen molar-refractivity contribution in [2.24, 2.45) is 0 Å². The van der Waals surface area contributed by atoms with Gasteiger partial charge in [0.15, 0.2) is 0 Å². The van der Waals surface area contributed by atoms with Crippen LogP contribution in [0.25, 0.3) is 0 Å². The molecule has 1 aromatic rings. The van der Waals surface area contributed by atoms with E-state index < -0.39 is 21.4 Å².